The second kappa shape index (κ2) is 12.9. The summed E-state index contributed by atoms with van der Waals surface area (Å²) in [6.07, 6.45) is 0.766. The number of carbonyl (C=O) groups is 1. The van der Waals surface area contributed by atoms with Crippen LogP contribution in [0.15, 0.2) is 47.5 Å². The summed E-state index contributed by atoms with van der Waals surface area (Å²) < 4.78 is 5.06. The molecule has 0 atom stereocenters. The third-order valence-electron chi connectivity index (χ3n) is 4.29. The van der Waals surface area contributed by atoms with Gasteiger partial charge in [0.1, 0.15) is 0 Å². The maximum Gasteiger partial charge on any atom is 0.253 e. The van der Waals surface area contributed by atoms with Crippen LogP contribution in [-0.2, 0) is 13.0 Å². The molecule has 30 heavy (non-hydrogen) atoms. The number of phenolic OH excluding ortho intramolecular Hbond substituents is 1. The number of hydrogen-bond donors (Lipinski definition) is 3. The van der Waals surface area contributed by atoms with E-state index in [0.29, 0.717) is 30.4 Å². The molecule has 0 unspecified atom stereocenters. The van der Waals surface area contributed by atoms with E-state index in [9.17, 15) is 9.90 Å². The average molecular weight is 526 g/mol. The number of methoxy groups -OCH3 is 1. The van der Waals surface area contributed by atoms with E-state index in [-0.39, 0.29) is 35.6 Å². The molecule has 0 fully saturated rings. The summed E-state index contributed by atoms with van der Waals surface area (Å²) in [5, 5.41) is 16.4. The van der Waals surface area contributed by atoms with Gasteiger partial charge in [-0.05, 0) is 48.7 Å². The molecule has 0 aliphatic heterocycles. The number of ether oxygens (including phenoxy) is 1. The first-order chi connectivity index (χ1) is 13.9. The van der Waals surface area contributed by atoms with Crippen molar-refractivity contribution in [2.75, 3.05) is 34.3 Å². The molecule has 1 amide bonds. The van der Waals surface area contributed by atoms with E-state index in [1.165, 1.54) is 7.11 Å². The van der Waals surface area contributed by atoms with E-state index < -0.39 is 0 Å². The molecule has 0 bridgehead atoms. The highest BCUT2D eigenvalue weighted by atomic mass is 127. The van der Waals surface area contributed by atoms with Gasteiger partial charge < -0.3 is 25.4 Å². The van der Waals surface area contributed by atoms with E-state index >= 15 is 0 Å². The normalized spacial score (nSPS) is 10.7. The minimum absolute atomic E-state index is 0. The van der Waals surface area contributed by atoms with Crippen molar-refractivity contribution in [3.63, 3.8) is 0 Å². The van der Waals surface area contributed by atoms with Gasteiger partial charge in [0.05, 0.1) is 13.7 Å². The number of benzene rings is 2. The van der Waals surface area contributed by atoms with E-state index in [1.807, 2.05) is 37.3 Å². The SMILES string of the molecule is CCNC(=NCc1ccc(OC)c(O)c1)NCCc1cccc(C(=O)N(C)C)c1.I. The minimum atomic E-state index is -0.00236. The Morgan fingerprint density at radius 1 is 1.13 bits per heavy atom. The Hall–Kier alpha value is -2.49. The number of amides is 1. The smallest absolute Gasteiger partial charge is 0.253 e. The molecule has 3 N–H and O–H groups in total. The van der Waals surface area contributed by atoms with Crippen LogP contribution >= 0.6 is 24.0 Å². The summed E-state index contributed by atoms with van der Waals surface area (Å²) >= 11 is 0. The number of rotatable bonds is 8. The predicted octanol–water partition coefficient (Wildman–Crippen LogP) is 3.02. The monoisotopic (exact) mass is 526 g/mol. The van der Waals surface area contributed by atoms with Crippen LogP contribution in [0, 0.1) is 0 Å². The zero-order chi connectivity index (χ0) is 21.2. The maximum atomic E-state index is 12.1. The fourth-order valence-electron chi connectivity index (χ4n) is 2.79. The Kier molecular flexibility index (Phi) is 11.0. The molecule has 2 aromatic carbocycles. The molecule has 0 aliphatic rings. The molecule has 0 aromatic heterocycles. The molecule has 2 rings (SSSR count). The molecular weight excluding hydrogens is 495 g/mol. The summed E-state index contributed by atoms with van der Waals surface area (Å²) in [7, 11) is 5.02. The zero-order valence-corrected chi connectivity index (χ0v) is 20.3. The van der Waals surface area contributed by atoms with Gasteiger partial charge in [-0.15, -0.1) is 24.0 Å². The number of nitrogens with zero attached hydrogens (tertiary/aromatic N) is 2. The maximum absolute atomic E-state index is 12.1. The molecule has 8 heteroatoms. The molecule has 2 aromatic rings. The van der Waals surface area contributed by atoms with Crippen molar-refractivity contribution in [2.24, 2.45) is 4.99 Å². The van der Waals surface area contributed by atoms with E-state index in [2.05, 4.69) is 15.6 Å². The second-order valence-corrected chi connectivity index (χ2v) is 6.78. The fourth-order valence-corrected chi connectivity index (χ4v) is 2.79. The summed E-state index contributed by atoms with van der Waals surface area (Å²) in [6.45, 7) is 3.86. The second-order valence-electron chi connectivity index (χ2n) is 6.78. The minimum Gasteiger partial charge on any atom is -0.504 e. The molecule has 7 nitrogen and oxygen atoms in total. The first-order valence-corrected chi connectivity index (χ1v) is 9.63. The molecule has 0 spiro atoms. The van der Waals surface area contributed by atoms with Crippen molar-refractivity contribution in [2.45, 2.75) is 19.9 Å². The lowest BCUT2D eigenvalue weighted by Crippen LogP contribution is -2.38. The number of hydrogen-bond acceptors (Lipinski definition) is 4. The van der Waals surface area contributed by atoms with Crippen LogP contribution in [0.1, 0.15) is 28.4 Å². The van der Waals surface area contributed by atoms with Gasteiger partial charge in [0.25, 0.3) is 5.91 Å². The lowest BCUT2D eigenvalue weighted by molar-refractivity contribution is 0.0827. The van der Waals surface area contributed by atoms with Crippen LogP contribution in [0.25, 0.3) is 0 Å². The van der Waals surface area contributed by atoms with Gasteiger partial charge in [-0.2, -0.15) is 0 Å². The number of aromatic hydroxyl groups is 1. The van der Waals surface area contributed by atoms with Crippen molar-refractivity contribution in [1.29, 1.82) is 0 Å². The summed E-state index contributed by atoms with van der Waals surface area (Å²) in [4.78, 5) is 18.2. The van der Waals surface area contributed by atoms with Crippen LogP contribution in [-0.4, -0.2) is 56.2 Å². The summed E-state index contributed by atoms with van der Waals surface area (Å²) in [6, 6.07) is 12.9. The predicted molar refractivity (Wildman–Crippen MR) is 131 cm³/mol. The zero-order valence-electron chi connectivity index (χ0n) is 17.9. The molecule has 0 radical (unpaired) electrons. The number of nitrogens with one attached hydrogen (secondary N) is 2. The fraction of sp³-hybridized carbons (Fsp3) is 0.364. The standard InChI is InChI=1S/C22H30N4O3.HI/c1-5-23-22(25-15-17-9-10-20(29-4)19(27)14-17)24-12-11-16-7-6-8-18(13-16)21(28)26(2)3;/h6-10,13-14,27H,5,11-12,15H2,1-4H3,(H2,23,24,25);1H. The third kappa shape index (κ3) is 7.74. The topological polar surface area (TPSA) is 86.2 Å². The Morgan fingerprint density at radius 3 is 2.53 bits per heavy atom. The van der Waals surface area contributed by atoms with Gasteiger partial charge >= 0.3 is 0 Å². The highest BCUT2D eigenvalue weighted by molar-refractivity contribution is 14.0. The highest BCUT2D eigenvalue weighted by Gasteiger charge is 2.08. The highest BCUT2D eigenvalue weighted by Crippen LogP contribution is 2.26. The third-order valence-corrected chi connectivity index (χ3v) is 4.29. The molecular formula is C22H31IN4O3. The summed E-state index contributed by atoms with van der Waals surface area (Å²) in [5.74, 6) is 1.24. The van der Waals surface area contributed by atoms with Gasteiger partial charge in [0.2, 0.25) is 0 Å². The first-order valence-electron chi connectivity index (χ1n) is 9.63. The number of carbonyl (C=O) groups excluding carboxylic acids is 1. The first kappa shape index (κ1) is 25.5. The van der Waals surface area contributed by atoms with Gasteiger partial charge in [-0.3, -0.25) is 4.79 Å². The van der Waals surface area contributed by atoms with Crippen LogP contribution in [0.5, 0.6) is 11.5 Å². The van der Waals surface area contributed by atoms with E-state index in [1.54, 1.807) is 31.1 Å². The number of halogens is 1. The molecule has 164 valence electrons. The molecule has 0 saturated heterocycles. The number of phenols is 1. The van der Waals surface area contributed by atoms with Crippen LogP contribution < -0.4 is 15.4 Å². The number of aliphatic imine (C=N–C) groups is 1. The van der Waals surface area contributed by atoms with Gasteiger partial charge in [-0.1, -0.05) is 18.2 Å². The summed E-state index contributed by atoms with van der Waals surface area (Å²) in [5.41, 5.74) is 2.66. The Labute approximate surface area is 195 Å². The lowest BCUT2D eigenvalue weighted by Gasteiger charge is -2.13. The van der Waals surface area contributed by atoms with Crippen LogP contribution in [0.2, 0.25) is 0 Å². The van der Waals surface area contributed by atoms with E-state index in [0.717, 1.165) is 24.1 Å². The number of guanidine groups is 1. The average Bonchev–Trinajstić information content (AvgIpc) is 2.71. The van der Waals surface area contributed by atoms with Crippen LogP contribution in [0.4, 0.5) is 0 Å². The Balaban J connectivity index is 0.00000450. The van der Waals surface area contributed by atoms with Crippen molar-refractivity contribution < 1.29 is 14.6 Å². The largest absolute Gasteiger partial charge is 0.504 e. The van der Waals surface area contributed by atoms with Gasteiger partial charge in [0, 0.05) is 32.7 Å². The quantitative estimate of drug-likeness (QED) is 0.280. The molecule has 0 aliphatic carbocycles. The van der Waals surface area contributed by atoms with Crippen LogP contribution in [0.3, 0.4) is 0 Å². The van der Waals surface area contributed by atoms with Crippen molar-refractivity contribution in [3.8, 4) is 11.5 Å². The molecule has 0 heterocycles. The Bertz CT molecular complexity index is 856. The lowest BCUT2D eigenvalue weighted by atomic mass is 10.1. The van der Waals surface area contributed by atoms with Gasteiger partial charge in [0.15, 0.2) is 17.5 Å². The van der Waals surface area contributed by atoms with E-state index in [4.69, 9.17) is 4.74 Å². The van der Waals surface area contributed by atoms with Crippen molar-refractivity contribution in [1.82, 2.24) is 15.5 Å². The van der Waals surface area contributed by atoms with Gasteiger partial charge in [-0.25, -0.2) is 4.99 Å². The molecule has 0 saturated carbocycles. The van der Waals surface area contributed by atoms with Crippen molar-refractivity contribution >= 4 is 35.8 Å². The van der Waals surface area contributed by atoms with Crippen molar-refractivity contribution in [3.05, 3.63) is 59.2 Å². The Morgan fingerprint density at radius 2 is 1.90 bits per heavy atom.